The number of carbonyl (C=O) groups is 1. The minimum absolute atomic E-state index is 0.282. The Labute approximate surface area is 132 Å². The number of guanidine groups is 1. The van der Waals surface area contributed by atoms with Crippen LogP contribution >= 0.6 is 11.6 Å². The van der Waals surface area contributed by atoms with E-state index in [1.54, 1.807) is 18.2 Å². The maximum atomic E-state index is 12.2. The molecule has 1 amide bonds. The summed E-state index contributed by atoms with van der Waals surface area (Å²) in [6.07, 6.45) is 0.726. The minimum atomic E-state index is -0.423. The van der Waals surface area contributed by atoms with Gasteiger partial charge in [0.2, 0.25) is 0 Å². The zero-order valence-electron chi connectivity index (χ0n) is 12.1. The van der Waals surface area contributed by atoms with Gasteiger partial charge in [0.1, 0.15) is 11.4 Å². The Bertz CT molecular complexity index is 713. The number of hydrogen-bond acceptors (Lipinski definition) is 4. The van der Waals surface area contributed by atoms with E-state index in [4.69, 9.17) is 33.2 Å². The number of fused-ring (bicyclic) bond motifs is 1. The summed E-state index contributed by atoms with van der Waals surface area (Å²) in [5.41, 5.74) is 11.7. The van der Waals surface area contributed by atoms with Crippen LogP contribution in [0.25, 0.3) is 10.9 Å². The molecule has 1 aromatic carbocycles. The fourth-order valence-electron chi connectivity index (χ4n) is 1.95. The van der Waals surface area contributed by atoms with Crippen molar-refractivity contribution in [2.75, 3.05) is 20.2 Å². The van der Waals surface area contributed by atoms with E-state index in [0.717, 1.165) is 11.3 Å². The molecule has 8 heteroatoms. The number of aromatic amines is 1. The molecule has 118 valence electrons. The van der Waals surface area contributed by atoms with E-state index in [2.05, 4.69) is 4.98 Å². The number of rotatable bonds is 5. The number of aromatic nitrogens is 1. The van der Waals surface area contributed by atoms with Crippen molar-refractivity contribution in [1.29, 1.82) is 5.41 Å². The number of nitrogens with two attached hydrogens (primary N) is 2. The molecule has 0 aliphatic rings. The fourth-order valence-corrected chi connectivity index (χ4v) is 2.16. The Morgan fingerprint density at radius 1 is 1.50 bits per heavy atom. The lowest BCUT2D eigenvalue weighted by Crippen LogP contribution is -2.38. The summed E-state index contributed by atoms with van der Waals surface area (Å²) < 4.78 is 5.65. The van der Waals surface area contributed by atoms with Crippen molar-refractivity contribution in [2.24, 2.45) is 11.5 Å². The summed E-state index contributed by atoms with van der Waals surface area (Å²) >= 11 is 6.16. The van der Waals surface area contributed by atoms with Gasteiger partial charge in [-0.05, 0) is 31.2 Å². The Balaban J connectivity index is 2.39. The van der Waals surface area contributed by atoms with E-state index >= 15 is 0 Å². The van der Waals surface area contributed by atoms with E-state index < -0.39 is 5.91 Å². The van der Waals surface area contributed by atoms with Gasteiger partial charge in [-0.1, -0.05) is 11.6 Å². The molecule has 0 aliphatic heterocycles. The van der Waals surface area contributed by atoms with E-state index in [1.165, 1.54) is 7.05 Å². The first-order valence-electron chi connectivity index (χ1n) is 6.72. The Kier molecular flexibility index (Phi) is 4.89. The van der Waals surface area contributed by atoms with Crippen LogP contribution in [0.4, 0.5) is 0 Å². The Hall–Kier alpha value is -2.25. The molecule has 2 rings (SSSR count). The van der Waals surface area contributed by atoms with Gasteiger partial charge in [-0.25, -0.2) is 0 Å². The van der Waals surface area contributed by atoms with Crippen LogP contribution in [0, 0.1) is 5.41 Å². The maximum Gasteiger partial charge on any atom is 0.276 e. The highest BCUT2D eigenvalue weighted by atomic mass is 35.5. The lowest BCUT2D eigenvalue weighted by Gasteiger charge is -2.12. The zero-order chi connectivity index (χ0) is 16.3. The maximum absolute atomic E-state index is 12.2. The molecule has 0 saturated heterocycles. The first-order valence-corrected chi connectivity index (χ1v) is 7.09. The highest BCUT2D eigenvalue weighted by Crippen LogP contribution is 2.32. The van der Waals surface area contributed by atoms with Crippen molar-refractivity contribution >= 4 is 34.4 Å². The van der Waals surface area contributed by atoms with Crippen LogP contribution in [0.2, 0.25) is 5.02 Å². The number of ether oxygens (including phenoxy) is 1. The average molecular weight is 324 g/mol. The predicted molar refractivity (Wildman–Crippen MR) is 86.5 cm³/mol. The molecule has 0 spiro atoms. The molecule has 1 aromatic heterocycles. The van der Waals surface area contributed by atoms with Crippen LogP contribution in [0.3, 0.4) is 0 Å². The Morgan fingerprint density at radius 3 is 2.86 bits per heavy atom. The second kappa shape index (κ2) is 6.67. The smallest absolute Gasteiger partial charge is 0.276 e. The minimum Gasteiger partial charge on any atom is -0.491 e. The quantitative estimate of drug-likeness (QED) is 0.378. The summed E-state index contributed by atoms with van der Waals surface area (Å²) in [7, 11) is 1.43. The molecule has 0 aliphatic carbocycles. The molecule has 6 N–H and O–H groups in total. The summed E-state index contributed by atoms with van der Waals surface area (Å²) in [6, 6.07) is 5.06. The molecule has 22 heavy (non-hydrogen) atoms. The third kappa shape index (κ3) is 3.15. The van der Waals surface area contributed by atoms with E-state index in [-0.39, 0.29) is 11.7 Å². The van der Waals surface area contributed by atoms with Gasteiger partial charge in [0.05, 0.1) is 17.1 Å². The van der Waals surface area contributed by atoms with Gasteiger partial charge in [0.25, 0.3) is 5.91 Å². The molecule has 1 heterocycles. The van der Waals surface area contributed by atoms with Crippen molar-refractivity contribution in [3.8, 4) is 5.75 Å². The second-order valence-electron chi connectivity index (χ2n) is 4.76. The molecular weight excluding hydrogens is 306 g/mol. The second-order valence-corrected chi connectivity index (χ2v) is 5.16. The zero-order valence-corrected chi connectivity index (χ0v) is 12.9. The van der Waals surface area contributed by atoms with Crippen LogP contribution in [0.15, 0.2) is 18.2 Å². The first-order chi connectivity index (χ1) is 10.5. The number of hydrogen-bond donors (Lipinski definition) is 4. The molecule has 0 bridgehead atoms. The number of H-pyrrole nitrogens is 1. The number of amides is 1. The van der Waals surface area contributed by atoms with Gasteiger partial charge >= 0.3 is 0 Å². The van der Waals surface area contributed by atoms with Crippen LogP contribution in [-0.2, 0) is 0 Å². The fraction of sp³-hybridized carbons (Fsp3) is 0.286. The molecule has 0 unspecified atom stereocenters. The lowest BCUT2D eigenvalue weighted by atomic mass is 10.2. The third-order valence-electron chi connectivity index (χ3n) is 3.20. The topological polar surface area (TPSA) is 121 Å². The van der Waals surface area contributed by atoms with Crippen LogP contribution in [0.1, 0.15) is 16.9 Å². The highest BCUT2D eigenvalue weighted by molar-refractivity contribution is 6.35. The van der Waals surface area contributed by atoms with Crippen LogP contribution in [-0.4, -0.2) is 41.9 Å². The standard InChI is InChI=1S/C14H18ClN5O2/c1-20(14(17)18)13(21)10-7-8-9(15)3-4-11(12(8)19-10)22-6-2-5-16/h3-4,7,19H,2,5-6,16H2,1H3,(H3,17,18). The third-order valence-corrected chi connectivity index (χ3v) is 3.53. The molecule has 7 nitrogen and oxygen atoms in total. The number of nitrogens with zero attached hydrogens (tertiary/aromatic N) is 1. The number of halogens is 1. The van der Waals surface area contributed by atoms with Crippen molar-refractivity contribution in [2.45, 2.75) is 6.42 Å². The van der Waals surface area contributed by atoms with Gasteiger partial charge < -0.3 is 21.2 Å². The monoisotopic (exact) mass is 323 g/mol. The summed E-state index contributed by atoms with van der Waals surface area (Å²) in [4.78, 5) is 16.2. The van der Waals surface area contributed by atoms with Crippen molar-refractivity contribution in [1.82, 2.24) is 9.88 Å². The Morgan fingerprint density at radius 2 is 2.23 bits per heavy atom. The molecule has 0 atom stereocenters. The molecule has 2 aromatic rings. The first kappa shape index (κ1) is 16.1. The van der Waals surface area contributed by atoms with Crippen LogP contribution in [0.5, 0.6) is 5.75 Å². The highest BCUT2D eigenvalue weighted by Gasteiger charge is 2.18. The summed E-state index contributed by atoms with van der Waals surface area (Å²) in [5.74, 6) is -0.167. The van der Waals surface area contributed by atoms with E-state index in [0.29, 0.717) is 34.8 Å². The number of benzene rings is 1. The summed E-state index contributed by atoms with van der Waals surface area (Å²) in [6.45, 7) is 1.01. The van der Waals surface area contributed by atoms with Gasteiger partial charge in [-0.3, -0.25) is 15.1 Å². The van der Waals surface area contributed by atoms with Crippen molar-refractivity contribution < 1.29 is 9.53 Å². The summed E-state index contributed by atoms with van der Waals surface area (Å²) in [5, 5.41) is 8.49. The average Bonchev–Trinajstić information content (AvgIpc) is 2.94. The number of carbonyl (C=O) groups excluding carboxylic acids is 1. The van der Waals surface area contributed by atoms with E-state index in [1.807, 2.05) is 0 Å². The number of nitrogens with one attached hydrogen (secondary N) is 2. The van der Waals surface area contributed by atoms with Gasteiger partial charge in [-0.15, -0.1) is 0 Å². The largest absolute Gasteiger partial charge is 0.491 e. The van der Waals surface area contributed by atoms with Crippen LogP contribution < -0.4 is 16.2 Å². The van der Waals surface area contributed by atoms with Gasteiger partial charge in [0, 0.05) is 12.4 Å². The molecule has 0 radical (unpaired) electrons. The molecule has 0 fully saturated rings. The molecule has 0 saturated carbocycles. The SMILES string of the molecule is CN(C(=N)N)C(=O)c1cc2c(Cl)ccc(OCCCN)c2[nH]1. The normalized spacial score (nSPS) is 10.7. The predicted octanol–water partition coefficient (Wildman–Crippen LogP) is 1.51. The van der Waals surface area contributed by atoms with E-state index in [9.17, 15) is 4.79 Å². The van der Waals surface area contributed by atoms with Gasteiger partial charge in [0.15, 0.2) is 5.96 Å². The van der Waals surface area contributed by atoms with Crippen molar-refractivity contribution in [3.63, 3.8) is 0 Å². The van der Waals surface area contributed by atoms with Gasteiger partial charge in [-0.2, -0.15) is 0 Å². The molecular formula is C14H18ClN5O2. The lowest BCUT2D eigenvalue weighted by molar-refractivity contribution is 0.0864. The van der Waals surface area contributed by atoms with Crippen molar-refractivity contribution in [3.05, 3.63) is 28.9 Å².